The van der Waals surface area contributed by atoms with Crippen LogP contribution >= 0.6 is 0 Å². The van der Waals surface area contributed by atoms with Crippen molar-refractivity contribution in [1.29, 1.82) is 0 Å². The third kappa shape index (κ3) is 3.40. The van der Waals surface area contributed by atoms with Crippen LogP contribution in [0.1, 0.15) is 35.8 Å². The first-order chi connectivity index (χ1) is 12.0. The van der Waals surface area contributed by atoms with Gasteiger partial charge in [-0.15, -0.1) is 0 Å². The van der Waals surface area contributed by atoms with Crippen molar-refractivity contribution < 1.29 is 19.1 Å². The molecule has 0 saturated carbocycles. The highest BCUT2D eigenvalue weighted by atomic mass is 19.1. The molecule has 0 bridgehead atoms. The Morgan fingerprint density at radius 3 is 2.44 bits per heavy atom. The summed E-state index contributed by atoms with van der Waals surface area (Å²) in [4.78, 5) is 25.5. The summed E-state index contributed by atoms with van der Waals surface area (Å²) in [6.45, 7) is 2.80. The van der Waals surface area contributed by atoms with Gasteiger partial charge in [0.25, 0.3) is 5.91 Å². The van der Waals surface area contributed by atoms with E-state index in [-0.39, 0.29) is 17.6 Å². The molecule has 1 fully saturated rings. The topological polar surface area (TPSA) is 75.4 Å². The lowest BCUT2D eigenvalue weighted by Gasteiger charge is -2.30. The number of amides is 1. The second-order valence-electron chi connectivity index (χ2n) is 6.15. The Balaban J connectivity index is 1.82. The number of hydrogen-bond acceptors (Lipinski definition) is 3. The maximum atomic E-state index is 13.1. The molecule has 2 heterocycles. The Bertz CT molecular complexity index is 777. The van der Waals surface area contributed by atoms with Crippen molar-refractivity contribution in [3.05, 3.63) is 47.5 Å². The monoisotopic (exact) mass is 345 g/mol. The van der Waals surface area contributed by atoms with E-state index in [0.717, 1.165) is 5.69 Å². The van der Waals surface area contributed by atoms with Crippen LogP contribution in [0.3, 0.4) is 0 Å². The number of halogens is 1. The van der Waals surface area contributed by atoms with E-state index in [4.69, 9.17) is 5.11 Å². The molecule has 0 spiro atoms. The van der Waals surface area contributed by atoms with Gasteiger partial charge in [0.2, 0.25) is 0 Å². The summed E-state index contributed by atoms with van der Waals surface area (Å²) in [5.41, 5.74) is 1.97. The molecule has 0 atom stereocenters. The van der Waals surface area contributed by atoms with Gasteiger partial charge in [-0.3, -0.25) is 9.59 Å². The standard InChI is InChI=1S/C18H20FN3O3/c1-2-16-15(11-20-22(16)14-5-3-13(19)4-6-14)17(23)21-9-7-12(8-10-21)18(24)25/h3-6,11-12H,2,7-10H2,1H3,(H,24,25). The SMILES string of the molecule is CCc1c(C(=O)N2CCC(C(=O)O)CC2)cnn1-c1ccc(F)cc1. The Kier molecular flexibility index (Phi) is 4.83. The predicted octanol–water partition coefficient (Wildman–Crippen LogP) is 2.51. The average Bonchev–Trinajstić information content (AvgIpc) is 3.05. The summed E-state index contributed by atoms with van der Waals surface area (Å²) in [5.74, 6) is -1.64. The fraction of sp³-hybridized carbons (Fsp3) is 0.389. The van der Waals surface area contributed by atoms with Gasteiger partial charge in [0.05, 0.1) is 29.1 Å². The molecule has 1 aliphatic heterocycles. The van der Waals surface area contributed by atoms with Gasteiger partial charge >= 0.3 is 5.97 Å². The Labute approximate surface area is 144 Å². The lowest BCUT2D eigenvalue weighted by Crippen LogP contribution is -2.40. The highest BCUT2D eigenvalue weighted by molar-refractivity contribution is 5.95. The maximum absolute atomic E-state index is 13.1. The highest BCUT2D eigenvalue weighted by Gasteiger charge is 2.29. The molecule has 25 heavy (non-hydrogen) atoms. The molecule has 1 saturated heterocycles. The smallest absolute Gasteiger partial charge is 0.306 e. The molecule has 1 aromatic carbocycles. The van der Waals surface area contributed by atoms with E-state index >= 15 is 0 Å². The summed E-state index contributed by atoms with van der Waals surface area (Å²) >= 11 is 0. The van der Waals surface area contributed by atoms with Gasteiger partial charge in [-0.1, -0.05) is 6.92 Å². The van der Waals surface area contributed by atoms with Crippen LogP contribution in [-0.4, -0.2) is 44.8 Å². The van der Waals surface area contributed by atoms with E-state index in [1.807, 2.05) is 6.92 Å². The Morgan fingerprint density at radius 2 is 1.88 bits per heavy atom. The first-order valence-electron chi connectivity index (χ1n) is 8.36. The van der Waals surface area contributed by atoms with Gasteiger partial charge in [-0.05, 0) is 43.5 Å². The van der Waals surface area contributed by atoms with Crippen molar-refractivity contribution in [2.45, 2.75) is 26.2 Å². The molecular weight excluding hydrogens is 325 g/mol. The van der Waals surface area contributed by atoms with Gasteiger partial charge in [-0.25, -0.2) is 9.07 Å². The number of likely N-dealkylation sites (tertiary alicyclic amines) is 1. The number of carbonyl (C=O) groups excluding carboxylic acids is 1. The summed E-state index contributed by atoms with van der Waals surface area (Å²) in [7, 11) is 0. The fourth-order valence-electron chi connectivity index (χ4n) is 3.20. The number of aromatic nitrogens is 2. The summed E-state index contributed by atoms with van der Waals surface area (Å²) in [6, 6.07) is 5.95. The van der Waals surface area contributed by atoms with E-state index in [1.165, 1.54) is 18.3 Å². The van der Waals surface area contributed by atoms with Crippen LogP contribution in [-0.2, 0) is 11.2 Å². The van der Waals surface area contributed by atoms with Crippen molar-refractivity contribution in [3.63, 3.8) is 0 Å². The summed E-state index contributed by atoms with van der Waals surface area (Å²) in [5, 5.41) is 13.4. The van der Waals surface area contributed by atoms with Crippen LogP contribution < -0.4 is 0 Å². The molecule has 1 aliphatic rings. The van der Waals surface area contributed by atoms with Crippen LogP contribution in [0.5, 0.6) is 0 Å². The van der Waals surface area contributed by atoms with Crippen molar-refractivity contribution in [2.75, 3.05) is 13.1 Å². The molecular formula is C18H20FN3O3. The normalized spacial score (nSPS) is 15.4. The number of hydrogen-bond donors (Lipinski definition) is 1. The minimum absolute atomic E-state index is 0.131. The molecule has 0 aliphatic carbocycles. The fourth-order valence-corrected chi connectivity index (χ4v) is 3.20. The molecule has 3 rings (SSSR count). The molecule has 0 unspecified atom stereocenters. The molecule has 132 valence electrons. The largest absolute Gasteiger partial charge is 0.481 e. The van der Waals surface area contributed by atoms with E-state index in [0.29, 0.717) is 43.6 Å². The van der Waals surface area contributed by atoms with Gasteiger partial charge in [0, 0.05) is 13.1 Å². The van der Waals surface area contributed by atoms with Gasteiger partial charge in [0.15, 0.2) is 0 Å². The Morgan fingerprint density at radius 1 is 1.24 bits per heavy atom. The van der Waals surface area contributed by atoms with Crippen LogP contribution in [0, 0.1) is 11.7 Å². The maximum Gasteiger partial charge on any atom is 0.306 e. The molecule has 1 amide bonds. The first-order valence-corrected chi connectivity index (χ1v) is 8.36. The third-order valence-corrected chi connectivity index (χ3v) is 4.64. The van der Waals surface area contributed by atoms with Crippen molar-refractivity contribution in [2.24, 2.45) is 5.92 Å². The number of benzene rings is 1. The lowest BCUT2D eigenvalue weighted by atomic mass is 9.96. The quantitative estimate of drug-likeness (QED) is 0.924. The number of carbonyl (C=O) groups is 2. The minimum Gasteiger partial charge on any atom is -0.481 e. The van der Waals surface area contributed by atoms with Crippen molar-refractivity contribution in [1.82, 2.24) is 14.7 Å². The molecule has 1 aromatic heterocycles. The molecule has 2 aromatic rings. The molecule has 1 N–H and O–H groups in total. The van der Waals surface area contributed by atoms with E-state index < -0.39 is 5.97 Å². The van der Waals surface area contributed by atoms with Gasteiger partial charge in [-0.2, -0.15) is 5.10 Å². The van der Waals surface area contributed by atoms with Crippen LogP contribution in [0.15, 0.2) is 30.5 Å². The second kappa shape index (κ2) is 7.04. The zero-order chi connectivity index (χ0) is 18.0. The summed E-state index contributed by atoms with van der Waals surface area (Å²) in [6.07, 6.45) is 3.07. The number of carboxylic acids is 1. The van der Waals surface area contributed by atoms with E-state index in [1.54, 1.807) is 21.7 Å². The van der Waals surface area contributed by atoms with Crippen LogP contribution in [0.4, 0.5) is 4.39 Å². The summed E-state index contributed by atoms with van der Waals surface area (Å²) < 4.78 is 14.8. The first kappa shape index (κ1) is 17.1. The Hall–Kier alpha value is -2.70. The van der Waals surface area contributed by atoms with Gasteiger partial charge < -0.3 is 10.0 Å². The third-order valence-electron chi connectivity index (χ3n) is 4.64. The van der Waals surface area contributed by atoms with Gasteiger partial charge in [0.1, 0.15) is 5.82 Å². The molecule has 7 heteroatoms. The highest BCUT2D eigenvalue weighted by Crippen LogP contribution is 2.22. The number of nitrogens with zero attached hydrogens (tertiary/aromatic N) is 3. The zero-order valence-electron chi connectivity index (χ0n) is 14.0. The second-order valence-corrected chi connectivity index (χ2v) is 6.15. The van der Waals surface area contributed by atoms with E-state index in [2.05, 4.69) is 5.10 Å². The zero-order valence-corrected chi connectivity index (χ0v) is 14.0. The number of piperidine rings is 1. The lowest BCUT2D eigenvalue weighted by molar-refractivity contribution is -0.143. The van der Waals surface area contributed by atoms with Crippen LogP contribution in [0.25, 0.3) is 5.69 Å². The van der Waals surface area contributed by atoms with Crippen molar-refractivity contribution >= 4 is 11.9 Å². The minimum atomic E-state index is -0.800. The van der Waals surface area contributed by atoms with Crippen LogP contribution in [0.2, 0.25) is 0 Å². The number of rotatable bonds is 4. The number of aliphatic carboxylic acids is 1. The average molecular weight is 345 g/mol. The van der Waals surface area contributed by atoms with Crippen molar-refractivity contribution in [3.8, 4) is 5.69 Å². The van der Waals surface area contributed by atoms with E-state index in [9.17, 15) is 14.0 Å². The molecule has 0 radical (unpaired) electrons. The number of carboxylic acid groups (broad SMARTS) is 1. The predicted molar refractivity (Wildman–Crippen MR) is 89.2 cm³/mol. The molecule has 6 nitrogen and oxygen atoms in total.